The van der Waals surface area contributed by atoms with E-state index >= 15 is 0 Å². The molecule has 0 saturated carbocycles. The highest BCUT2D eigenvalue weighted by Gasteiger charge is 2.31. The maximum Gasteiger partial charge on any atom is 0.339 e. The van der Waals surface area contributed by atoms with Gasteiger partial charge in [0.15, 0.2) is 6.10 Å². The van der Waals surface area contributed by atoms with Crippen LogP contribution in [0.3, 0.4) is 0 Å². The number of hydrogen-bond donors (Lipinski definition) is 1. The minimum atomic E-state index is -1.12. The van der Waals surface area contributed by atoms with E-state index in [2.05, 4.69) is 5.32 Å². The van der Waals surface area contributed by atoms with Crippen molar-refractivity contribution in [3.05, 3.63) is 35.1 Å². The van der Waals surface area contributed by atoms with E-state index in [9.17, 15) is 18.8 Å². The number of nitrogens with one attached hydrogen (secondary N) is 1. The highest BCUT2D eigenvalue weighted by molar-refractivity contribution is 5.99. The number of carbonyl (C=O) groups excluding carboxylic acids is 3. The molecular formula is C14H15FN2O4. The zero-order valence-corrected chi connectivity index (χ0v) is 11.7. The Hall–Kier alpha value is -2.44. The van der Waals surface area contributed by atoms with Gasteiger partial charge in [-0.1, -0.05) is 6.07 Å². The fourth-order valence-corrected chi connectivity index (χ4v) is 1.90. The Morgan fingerprint density at radius 3 is 2.71 bits per heavy atom. The van der Waals surface area contributed by atoms with Crippen LogP contribution in [0.5, 0.6) is 0 Å². The molecule has 1 atom stereocenters. The van der Waals surface area contributed by atoms with Crippen LogP contribution in [0.15, 0.2) is 18.2 Å². The fraction of sp³-hybridized carbons (Fsp3) is 0.357. The van der Waals surface area contributed by atoms with Crippen molar-refractivity contribution in [3.8, 4) is 0 Å². The smallest absolute Gasteiger partial charge is 0.339 e. The predicted molar refractivity (Wildman–Crippen MR) is 71.1 cm³/mol. The molecule has 0 spiro atoms. The third-order valence-electron chi connectivity index (χ3n) is 3.16. The van der Waals surface area contributed by atoms with Crippen LogP contribution in [0.2, 0.25) is 0 Å². The van der Waals surface area contributed by atoms with Crippen molar-refractivity contribution in [1.82, 2.24) is 10.2 Å². The molecule has 3 amide bonds. The van der Waals surface area contributed by atoms with E-state index in [1.807, 2.05) is 0 Å². The number of urea groups is 1. The van der Waals surface area contributed by atoms with Crippen molar-refractivity contribution in [2.45, 2.75) is 20.0 Å². The van der Waals surface area contributed by atoms with Crippen LogP contribution < -0.4 is 5.32 Å². The van der Waals surface area contributed by atoms with E-state index in [4.69, 9.17) is 4.74 Å². The Kier molecular flexibility index (Phi) is 4.21. The van der Waals surface area contributed by atoms with Crippen LogP contribution in [-0.2, 0) is 9.53 Å². The van der Waals surface area contributed by atoms with Crippen LogP contribution in [0.1, 0.15) is 22.8 Å². The Balaban J connectivity index is 2.03. The summed E-state index contributed by atoms with van der Waals surface area (Å²) in [5, 5.41) is 2.48. The summed E-state index contributed by atoms with van der Waals surface area (Å²) in [7, 11) is 0. The number of esters is 1. The van der Waals surface area contributed by atoms with E-state index < -0.39 is 29.8 Å². The van der Waals surface area contributed by atoms with Crippen LogP contribution in [-0.4, -0.2) is 42.0 Å². The summed E-state index contributed by atoms with van der Waals surface area (Å²) in [6, 6.07) is 3.41. The summed E-state index contributed by atoms with van der Waals surface area (Å²) in [5.41, 5.74) is 0.424. The minimum absolute atomic E-state index is 0.0172. The van der Waals surface area contributed by atoms with Crippen molar-refractivity contribution < 1.29 is 23.5 Å². The number of benzene rings is 1. The number of halogens is 1. The normalized spacial score (nSPS) is 15.6. The molecule has 1 N–H and O–H groups in total. The first-order chi connectivity index (χ1) is 9.90. The molecule has 1 heterocycles. The van der Waals surface area contributed by atoms with E-state index in [1.54, 1.807) is 6.92 Å². The van der Waals surface area contributed by atoms with Crippen LogP contribution in [0.4, 0.5) is 9.18 Å². The SMILES string of the molecule is Cc1ccc(C(=O)O[C@@H](C)C(=O)N2CCNC2=O)cc1F. The summed E-state index contributed by atoms with van der Waals surface area (Å²) in [6.45, 7) is 3.55. The van der Waals surface area contributed by atoms with Gasteiger partial charge >= 0.3 is 12.0 Å². The Labute approximate surface area is 120 Å². The van der Waals surface area contributed by atoms with E-state index in [-0.39, 0.29) is 12.1 Å². The lowest BCUT2D eigenvalue weighted by Crippen LogP contribution is -2.41. The number of rotatable bonds is 3. The molecule has 21 heavy (non-hydrogen) atoms. The molecule has 1 aromatic rings. The van der Waals surface area contributed by atoms with Gasteiger partial charge in [0.1, 0.15) is 5.82 Å². The zero-order chi connectivity index (χ0) is 15.6. The molecular weight excluding hydrogens is 279 g/mol. The van der Waals surface area contributed by atoms with E-state index in [1.165, 1.54) is 19.1 Å². The molecule has 0 aromatic heterocycles. The average Bonchev–Trinajstić information content (AvgIpc) is 2.87. The molecule has 0 radical (unpaired) electrons. The third kappa shape index (κ3) is 3.18. The summed E-state index contributed by atoms with van der Waals surface area (Å²) >= 11 is 0. The second kappa shape index (κ2) is 5.90. The van der Waals surface area contributed by atoms with Crippen LogP contribution >= 0.6 is 0 Å². The molecule has 6 nitrogen and oxygen atoms in total. The van der Waals surface area contributed by atoms with Gasteiger partial charge in [0, 0.05) is 13.1 Å². The summed E-state index contributed by atoms with van der Waals surface area (Å²) in [6.07, 6.45) is -1.12. The zero-order valence-electron chi connectivity index (χ0n) is 11.7. The molecule has 1 fully saturated rings. The molecule has 0 aliphatic carbocycles. The van der Waals surface area contributed by atoms with Crippen LogP contribution in [0, 0.1) is 12.7 Å². The van der Waals surface area contributed by atoms with Crippen molar-refractivity contribution >= 4 is 17.9 Å². The minimum Gasteiger partial charge on any atom is -0.449 e. The fourth-order valence-electron chi connectivity index (χ4n) is 1.90. The second-order valence-electron chi connectivity index (χ2n) is 4.73. The lowest BCUT2D eigenvalue weighted by Gasteiger charge is -2.18. The second-order valence-corrected chi connectivity index (χ2v) is 4.73. The molecule has 0 unspecified atom stereocenters. The lowest BCUT2D eigenvalue weighted by atomic mass is 10.1. The standard InChI is InChI=1S/C14H15FN2O4/c1-8-3-4-10(7-11(8)15)13(19)21-9(2)12(18)17-6-5-16-14(17)20/h3-4,7,9H,5-6H2,1-2H3,(H,16,20)/t9-/m0/s1. The van der Waals surface area contributed by atoms with Gasteiger partial charge in [-0.2, -0.15) is 0 Å². The number of nitrogens with zero attached hydrogens (tertiary/aromatic N) is 1. The van der Waals surface area contributed by atoms with E-state index in [0.717, 1.165) is 11.0 Å². The maximum absolute atomic E-state index is 13.4. The molecule has 1 aliphatic heterocycles. The first-order valence-corrected chi connectivity index (χ1v) is 6.46. The maximum atomic E-state index is 13.4. The number of ether oxygens (including phenoxy) is 1. The summed E-state index contributed by atoms with van der Waals surface area (Å²) in [5.74, 6) is -1.94. The van der Waals surface area contributed by atoms with E-state index in [0.29, 0.717) is 12.1 Å². The molecule has 7 heteroatoms. The quantitative estimate of drug-likeness (QED) is 0.851. The first kappa shape index (κ1) is 15.0. The predicted octanol–water partition coefficient (Wildman–Crippen LogP) is 1.23. The topological polar surface area (TPSA) is 75.7 Å². The van der Waals surface area contributed by atoms with Crippen molar-refractivity contribution in [2.75, 3.05) is 13.1 Å². The lowest BCUT2D eigenvalue weighted by molar-refractivity contribution is -0.136. The Morgan fingerprint density at radius 2 is 2.14 bits per heavy atom. The third-order valence-corrected chi connectivity index (χ3v) is 3.16. The van der Waals surface area contributed by atoms with Crippen molar-refractivity contribution in [1.29, 1.82) is 0 Å². The molecule has 112 valence electrons. The summed E-state index contributed by atoms with van der Waals surface area (Å²) < 4.78 is 18.4. The highest BCUT2D eigenvalue weighted by atomic mass is 19.1. The van der Waals surface area contributed by atoms with Gasteiger partial charge in [-0.3, -0.25) is 9.69 Å². The summed E-state index contributed by atoms with van der Waals surface area (Å²) in [4.78, 5) is 36.2. The molecule has 1 aliphatic rings. The Bertz CT molecular complexity index is 603. The van der Waals surface area contributed by atoms with Crippen LogP contribution in [0.25, 0.3) is 0 Å². The Morgan fingerprint density at radius 1 is 1.43 bits per heavy atom. The number of amides is 3. The van der Waals surface area contributed by atoms with Gasteiger partial charge < -0.3 is 10.1 Å². The highest BCUT2D eigenvalue weighted by Crippen LogP contribution is 2.12. The number of aryl methyl sites for hydroxylation is 1. The monoisotopic (exact) mass is 294 g/mol. The van der Waals surface area contributed by atoms with Crippen molar-refractivity contribution in [3.63, 3.8) is 0 Å². The first-order valence-electron chi connectivity index (χ1n) is 6.46. The molecule has 1 saturated heterocycles. The average molecular weight is 294 g/mol. The molecule has 2 rings (SSSR count). The van der Waals surface area contributed by atoms with Gasteiger partial charge in [-0.05, 0) is 31.5 Å². The van der Waals surface area contributed by atoms with Gasteiger partial charge in [-0.15, -0.1) is 0 Å². The molecule has 1 aromatic carbocycles. The van der Waals surface area contributed by atoms with Gasteiger partial charge in [0.25, 0.3) is 5.91 Å². The number of hydrogen-bond acceptors (Lipinski definition) is 4. The van der Waals surface area contributed by atoms with Crippen molar-refractivity contribution in [2.24, 2.45) is 0 Å². The number of imide groups is 1. The van der Waals surface area contributed by atoms with Gasteiger partial charge in [0.05, 0.1) is 5.56 Å². The number of carbonyl (C=O) groups is 3. The van der Waals surface area contributed by atoms with Gasteiger partial charge in [-0.25, -0.2) is 14.0 Å². The largest absolute Gasteiger partial charge is 0.449 e. The van der Waals surface area contributed by atoms with Gasteiger partial charge in [0.2, 0.25) is 0 Å². The molecule has 0 bridgehead atoms.